The number of hydrogen-bond donors (Lipinski definition) is 1. The SMILES string of the molecule is CCN1CCN(Cc2ccc(Nc3ncc(F)c(-c4cnc5nc(C)n(C(C)(C)C)c5c4)n3)nc2)C[C@H]1COC. The standard InChI is InChI=1S/C29H38FN9O/c1-7-38-11-10-37(17-22(38)18-40-6)16-20-8-9-25(31-13-20)35-28-33-15-23(30)26(36-28)21-12-24-27(32-14-21)34-19(2)39(24)29(3,4)5/h8-9,12-15,22H,7,10-11,16-18H2,1-6H3,(H,31,33,35,36)/t22-/m0/s1. The predicted molar refractivity (Wildman–Crippen MR) is 154 cm³/mol. The fourth-order valence-corrected chi connectivity index (χ4v) is 5.51. The lowest BCUT2D eigenvalue weighted by Gasteiger charge is -2.40. The summed E-state index contributed by atoms with van der Waals surface area (Å²) >= 11 is 0. The number of methoxy groups -OCH3 is 1. The van der Waals surface area contributed by atoms with Crippen molar-refractivity contribution in [2.45, 2.75) is 52.7 Å². The topological polar surface area (TPSA) is 97.1 Å². The molecule has 0 saturated carbocycles. The van der Waals surface area contributed by atoms with Gasteiger partial charge in [0, 0.05) is 62.8 Å². The van der Waals surface area contributed by atoms with Gasteiger partial charge in [-0.1, -0.05) is 13.0 Å². The predicted octanol–water partition coefficient (Wildman–Crippen LogP) is 4.38. The van der Waals surface area contributed by atoms with Gasteiger partial charge >= 0.3 is 0 Å². The first-order valence-corrected chi connectivity index (χ1v) is 13.7. The maximum absolute atomic E-state index is 14.9. The summed E-state index contributed by atoms with van der Waals surface area (Å²) in [5, 5.41) is 3.11. The quantitative estimate of drug-likeness (QED) is 0.345. The van der Waals surface area contributed by atoms with Gasteiger partial charge in [-0.2, -0.15) is 0 Å². The summed E-state index contributed by atoms with van der Waals surface area (Å²) in [6.07, 6.45) is 4.63. The van der Waals surface area contributed by atoms with Crippen LogP contribution in [0.25, 0.3) is 22.4 Å². The first kappa shape index (κ1) is 28.0. The average molecular weight is 548 g/mol. The van der Waals surface area contributed by atoms with Gasteiger partial charge in [0.2, 0.25) is 5.95 Å². The van der Waals surface area contributed by atoms with Gasteiger partial charge in [0.1, 0.15) is 17.3 Å². The third-order valence-electron chi connectivity index (χ3n) is 7.29. The Bertz CT molecular complexity index is 1470. The Morgan fingerprint density at radius 3 is 2.60 bits per heavy atom. The fraction of sp³-hybridized carbons (Fsp3) is 0.483. The highest BCUT2D eigenvalue weighted by Gasteiger charge is 2.26. The maximum Gasteiger partial charge on any atom is 0.229 e. The molecule has 1 fully saturated rings. The van der Waals surface area contributed by atoms with Crippen molar-refractivity contribution in [1.82, 2.24) is 39.3 Å². The van der Waals surface area contributed by atoms with Crippen LogP contribution in [0.3, 0.4) is 0 Å². The number of fused-ring (bicyclic) bond motifs is 1. The average Bonchev–Trinajstić information content (AvgIpc) is 3.27. The second kappa shape index (κ2) is 11.5. The lowest BCUT2D eigenvalue weighted by Crippen LogP contribution is -2.54. The summed E-state index contributed by atoms with van der Waals surface area (Å²) in [7, 11) is 1.76. The highest BCUT2D eigenvalue weighted by atomic mass is 19.1. The van der Waals surface area contributed by atoms with Crippen LogP contribution in [0.4, 0.5) is 16.2 Å². The van der Waals surface area contributed by atoms with E-state index in [1.54, 1.807) is 13.3 Å². The molecule has 1 aliphatic heterocycles. The van der Waals surface area contributed by atoms with E-state index in [2.05, 4.69) is 72.3 Å². The number of piperazine rings is 1. The van der Waals surface area contributed by atoms with Gasteiger partial charge < -0.3 is 14.6 Å². The van der Waals surface area contributed by atoms with E-state index in [1.807, 2.05) is 31.3 Å². The smallest absolute Gasteiger partial charge is 0.229 e. The highest BCUT2D eigenvalue weighted by Crippen LogP contribution is 2.29. The Balaban J connectivity index is 1.31. The lowest BCUT2D eigenvalue weighted by molar-refractivity contribution is 0.0254. The number of nitrogens with zero attached hydrogens (tertiary/aromatic N) is 8. The molecule has 0 amide bonds. The number of ether oxygens (including phenoxy) is 1. The Kier molecular flexibility index (Phi) is 8.07. The van der Waals surface area contributed by atoms with Gasteiger partial charge in [-0.05, 0) is 51.9 Å². The van der Waals surface area contributed by atoms with Gasteiger partial charge in [0.25, 0.3) is 0 Å². The molecule has 212 valence electrons. The van der Waals surface area contributed by atoms with Crippen LogP contribution in [-0.4, -0.2) is 85.2 Å². The molecular formula is C29H38FN9O. The monoisotopic (exact) mass is 547 g/mol. The van der Waals surface area contributed by atoms with E-state index >= 15 is 0 Å². The number of nitrogens with one attached hydrogen (secondary N) is 1. The molecule has 1 N–H and O–H groups in total. The Morgan fingerprint density at radius 2 is 1.90 bits per heavy atom. The third kappa shape index (κ3) is 5.96. The van der Waals surface area contributed by atoms with Crippen molar-refractivity contribution in [3.63, 3.8) is 0 Å². The van der Waals surface area contributed by atoms with Crippen LogP contribution in [-0.2, 0) is 16.8 Å². The minimum Gasteiger partial charge on any atom is -0.383 e. The Morgan fingerprint density at radius 1 is 1.07 bits per heavy atom. The lowest BCUT2D eigenvalue weighted by atomic mass is 10.1. The summed E-state index contributed by atoms with van der Waals surface area (Å²) in [5.74, 6) is 1.17. The van der Waals surface area contributed by atoms with E-state index in [4.69, 9.17) is 4.74 Å². The van der Waals surface area contributed by atoms with Gasteiger partial charge in [-0.15, -0.1) is 0 Å². The molecule has 1 atom stereocenters. The first-order chi connectivity index (χ1) is 19.2. The number of likely N-dealkylation sites (N-methyl/N-ethyl adjacent to an activating group) is 1. The number of pyridine rings is 2. The van der Waals surface area contributed by atoms with E-state index < -0.39 is 5.82 Å². The maximum atomic E-state index is 14.9. The first-order valence-electron chi connectivity index (χ1n) is 13.7. The molecule has 5 rings (SSSR count). The van der Waals surface area contributed by atoms with E-state index in [0.717, 1.165) is 56.2 Å². The summed E-state index contributed by atoms with van der Waals surface area (Å²) in [5.41, 5.74) is 3.09. The third-order valence-corrected chi connectivity index (χ3v) is 7.29. The van der Waals surface area contributed by atoms with Crippen molar-refractivity contribution in [3.05, 3.63) is 54.0 Å². The van der Waals surface area contributed by atoms with Crippen LogP contribution in [0.5, 0.6) is 0 Å². The number of anilines is 2. The summed E-state index contributed by atoms with van der Waals surface area (Å²) in [6.45, 7) is 16.0. The van der Waals surface area contributed by atoms with Crippen molar-refractivity contribution >= 4 is 22.9 Å². The Labute approximate surface area is 234 Å². The number of hydrogen-bond acceptors (Lipinski definition) is 9. The van der Waals surface area contributed by atoms with Gasteiger partial charge in [-0.3, -0.25) is 9.80 Å². The second-order valence-corrected chi connectivity index (χ2v) is 11.3. The molecule has 0 spiro atoms. The zero-order valence-electron chi connectivity index (χ0n) is 24.1. The van der Waals surface area contributed by atoms with Crippen molar-refractivity contribution < 1.29 is 9.13 Å². The zero-order valence-corrected chi connectivity index (χ0v) is 24.1. The van der Waals surface area contributed by atoms with Crippen LogP contribution in [0.1, 0.15) is 39.1 Å². The van der Waals surface area contributed by atoms with E-state index in [-0.39, 0.29) is 17.2 Å². The van der Waals surface area contributed by atoms with Gasteiger partial charge in [0.05, 0.1) is 18.3 Å². The minimum atomic E-state index is -0.525. The molecule has 0 aliphatic carbocycles. The van der Waals surface area contributed by atoms with E-state index in [9.17, 15) is 4.39 Å². The summed E-state index contributed by atoms with van der Waals surface area (Å²) in [6, 6.07) is 6.23. The molecule has 5 heterocycles. The highest BCUT2D eigenvalue weighted by molar-refractivity contribution is 5.78. The van der Waals surface area contributed by atoms with E-state index in [0.29, 0.717) is 23.1 Å². The number of halogens is 1. The number of aromatic nitrogens is 6. The number of imidazole rings is 1. The molecule has 10 nitrogen and oxygen atoms in total. The van der Waals surface area contributed by atoms with Crippen molar-refractivity contribution in [3.8, 4) is 11.3 Å². The molecule has 1 saturated heterocycles. The molecule has 11 heteroatoms. The van der Waals surface area contributed by atoms with Crippen LogP contribution < -0.4 is 5.32 Å². The van der Waals surface area contributed by atoms with Crippen molar-refractivity contribution in [2.75, 3.05) is 45.2 Å². The Hall–Kier alpha value is -3.54. The van der Waals surface area contributed by atoms with E-state index in [1.165, 1.54) is 6.20 Å². The van der Waals surface area contributed by atoms with Gasteiger partial charge in [-0.25, -0.2) is 29.3 Å². The van der Waals surface area contributed by atoms with Crippen molar-refractivity contribution in [1.29, 1.82) is 0 Å². The van der Waals surface area contributed by atoms with Crippen LogP contribution in [0, 0.1) is 12.7 Å². The summed E-state index contributed by atoms with van der Waals surface area (Å²) < 4.78 is 22.4. The molecule has 4 aromatic rings. The molecular weight excluding hydrogens is 509 g/mol. The largest absolute Gasteiger partial charge is 0.383 e. The van der Waals surface area contributed by atoms with Crippen LogP contribution in [0.15, 0.2) is 36.8 Å². The number of rotatable bonds is 8. The zero-order chi connectivity index (χ0) is 28.4. The molecule has 40 heavy (non-hydrogen) atoms. The minimum absolute atomic E-state index is 0.166. The number of aryl methyl sites for hydroxylation is 1. The fourth-order valence-electron chi connectivity index (χ4n) is 5.51. The van der Waals surface area contributed by atoms with Crippen LogP contribution in [0.2, 0.25) is 0 Å². The van der Waals surface area contributed by atoms with Crippen molar-refractivity contribution in [2.24, 2.45) is 0 Å². The molecule has 4 aromatic heterocycles. The molecule has 0 aromatic carbocycles. The summed E-state index contributed by atoms with van der Waals surface area (Å²) in [4.78, 5) is 27.1. The molecule has 0 bridgehead atoms. The second-order valence-electron chi connectivity index (χ2n) is 11.3. The molecule has 1 aliphatic rings. The van der Waals surface area contributed by atoms with Crippen LogP contribution >= 0.6 is 0 Å². The molecule has 0 unspecified atom stereocenters. The van der Waals surface area contributed by atoms with Gasteiger partial charge in [0.15, 0.2) is 11.5 Å². The normalized spacial score (nSPS) is 17.0. The molecule has 0 radical (unpaired) electrons.